The molecule has 2 rings (SSSR count). The molecular formula is C14H19F3N4O. The first-order valence-electron chi connectivity index (χ1n) is 7.04. The predicted molar refractivity (Wildman–Crippen MR) is 76.9 cm³/mol. The van der Waals surface area contributed by atoms with Gasteiger partial charge in [-0.25, -0.2) is 4.98 Å². The molecule has 0 radical (unpaired) electrons. The highest BCUT2D eigenvalue weighted by atomic mass is 19.4. The third-order valence-corrected chi connectivity index (χ3v) is 3.71. The van der Waals surface area contributed by atoms with Crippen LogP contribution in [0.5, 0.6) is 0 Å². The number of piperazine rings is 1. The summed E-state index contributed by atoms with van der Waals surface area (Å²) >= 11 is 0. The Labute approximate surface area is 127 Å². The van der Waals surface area contributed by atoms with Gasteiger partial charge in [0.1, 0.15) is 5.82 Å². The fourth-order valence-electron chi connectivity index (χ4n) is 2.61. The Morgan fingerprint density at radius 1 is 1.45 bits per heavy atom. The quantitative estimate of drug-likeness (QED) is 0.918. The van der Waals surface area contributed by atoms with Gasteiger partial charge >= 0.3 is 6.18 Å². The number of hydrogen-bond acceptors (Lipinski definition) is 4. The van der Waals surface area contributed by atoms with E-state index < -0.39 is 12.7 Å². The minimum atomic E-state index is -4.20. The maximum Gasteiger partial charge on any atom is 0.401 e. The largest absolute Gasteiger partial charge is 0.401 e. The van der Waals surface area contributed by atoms with Crippen molar-refractivity contribution in [2.45, 2.75) is 19.1 Å². The molecule has 1 atom stereocenters. The SMILES string of the molecule is CNC(=O)c1cccnc1N1CCN(CC(F)(F)F)C(C)C1. The topological polar surface area (TPSA) is 48.5 Å². The van der Waals surface area contributed by atoms with Gasteiger partial charge in [-0.3, -0.25) is 9.69 Å². The average Bonchev–Trinajstić information content (AvgIpc) is 2.47. The molecule has 22 heavy (non-hydrogen) atoms. The molecule has 2 heterocycles. The molecule has 0 bridgehead atoms. The molecule has 0 saturated carbocycles. The van der Waals surface area contributed by atoms with E-state index in [1.165, 1.54) is 11.9 Å². The van der Waals surface area contributed by atoms with Crippen molar-refractivity contribution in [3.05, 3.63) is 23.9 Å². The summed E-state index contributed by atoms with van der Waals surface area (Å²) in [6.45, 7) is 1.93. The van der Waals surface area contributed by atoms with Gasteiger partial charge in [0.15, 0.2) is 0 Å². The number of pyridine rings is 1. The summed E-state index contributed by atoms with van der Waals surface area (Å²) in [7, 11) is 1.53. The molecule has 1 fully saturated rings. The normalized spacial score (nSPS) is 20.0. The Morgan fingerprint density at radius 3 is 2.77 bits per heavy atom. The second-order valence-corrected chi connectivity index (χ2v) is 5.33. The fraction of sp³-hybridized carbons (Fsp3) is 0.571. The number of anilines is 1. The first kappa shape index (κ1) is 16.5. The van der Waals surface area contributed by atoms with Crippen LogP contribution in [-0.4, -0.2) is 61.2 Å². The molecule has 0 spiro atoms. The Bertz CT molecular complexity index is 535. The van der Waals surface area contributed by atoms with Crippen LogP contribution in [0.1, 0.15) is 17.3 Å². The van der Waals surface area contributed by atoms with Crippen LogP contribution < -0.4 is 10.2 Å². The highest BCUT2D eigenvalue weighted by molar-refractivity contribution is 5.98. The zero-order valence-electron chi connectivity index (χ0n) is 12.5. The summed E-state index contributed by atoms with van der Waals surface area (Å²) in [6.07, 6.45) is -2.62. The molecule has 1 aliphatic heterocycles. The van der Waals surface area contributed by atoms with Crippen LogP contribution in [0.15, 0.2) is 18.3 Å². The molecule has 1 saturated heterocycles. The van der Waals surface area contributed by atoms with Crippen molar-refractivity contribution in [3.63, 3.8) is 0 Å². The van der Waals surface area contributed by atoms with Gasteiger partial charge in [0.25, 0.3) is 5.91 Å². The number of alkyl halides is 3. The van der Waals surface area contributed by atoms with Gasteiger partial charge < -0.3 is 10.2 Å². The minimum Gasteiger partial charge on any atom is -0.355 e. The van der Waals surface area contributed by atoms with E-state index in [1.807, 2.05) is 4.90 Å². The standard InChI is InChI=1S/C14H19F3N4O/c1-10-8-20(6-7-21(10)9-14(15,16)17)12-11(13(22)18-2)4-3-5-19-12/h3-5,10H,6-9H2,1-2H3,(H,18,22). The summed E-state index contributed by atoms with van der Waals surface area (Å²) in [6, 6.07) is 3.06. The first-order valence-corrected chi connectivity index (χ1v) is 7.04. The van der Waals surface area contributed by atoms with Crippen LogP contribution in [0.25, 0.3) is 0 Å². The first-order chi connectivity index (χ1) is 10.3. The van der Waals surface area contributed by atoms with E-state index in [2.05, 4.69) is 10.3 Å². The molecule has 122 valence electrons. The summed E-state index contributed by atoms with van der Waals surface area (Å²) in [5.74, 6) is 0.258. The van der Waals surface area contributed by atoms with Gasteiger partial charge in [-0.1, -0.05) is 0 Å². The lowest BCUT2D eigenvalue weighted by atomic mass is 10.1. The highest BCUT2D eigenvalue weighted by Crippen LogP contribution is 2.24. The molecule has 5 nitrogen and oxygen atoms in total. The summed E-state index contributed by atoms with van der Waals surface area (Å²) in [4.78, 5) is 19.4. The molecule has 1 aromatic heterocycles. The molecule has 0 aromatic carbocycles. The van der Waals surface area contributed by atoms with Crippen molar-refractivity contribution >= 4 is 11.7 Å². The maximum absolute atomic E-state index is 12.5. The zero-order chi connectivity index (χ0) is 16.3. The van der Waals surface area contributed by atoms with Crippen LogP contribution in [0.2, 0.25) is 0 Å². The number of carbonyl (C=O) groups excluding carboxylic acids is 1. The van der Waals surface area contributed by atoms with Crippen molar-refractivity contribution in [1.82, 2.24) is 15.2 Å². The molecule has 1 aliphatic rings. The summed E-state index contributed by atoms with van der Waals surface area (Å²) in [5.41, 5.74) is 0.432. The van der Waals surface area contributed by atoms with Crippen LogP contribution in [0.4, 0.5) is 19.0 Å². The fourth-order valence-corrected chi connectivity index (χ4v) is 2.61. The monoisotopic (exact) mass is 316 g/mol. The molecule has 1 N–H and O–H groups in total. The van der Waals surface area contributed by atoms with E-state index >= 15 is 0 Å². The lowest BCUT2D eigenvalue weighted by Gasteiger charge is -2.41. The van der Waals surface area contributed by atoms with E-state index in [4.69, 9.17) is 0 Å². The number of amides is 1. The van der Waals surface area contributed by atoms with Gasteiger partial charge in [0.2, 0.25) is 0 Å². The average molecular weight is 316 g/mol. The minimum absolute atomic E-state index is 0.256. The van der Waals surface area contributed by atoms with Gasteiger partial charge in [-0.15, -0.1) is 0 Å². The number of halogens is 3. The molecule has 1 unspecified atom stereocenters. The van der Waals surface area contributed by atoms with Crippen molar-refractivity contribution < 1.29 is 18.0 Å². The Balaban J connectivity index is 2.12. The Hall–Kier alpha value is -1.83. The number of hydrogen-bond donors (Lipinski definition) is 1. The zero-order valence-corrected chi connectivity index (χ0v) is 12.5. The van der Waals surface area contributed by atoms with E-state index in [9.17, 15) is 18.0 Å². The van der Waals surface area contributed by atoms with Crippen LogP contribution in [0, 0.1) is 0 Å². The molecule has 1 aromatic rings. The lowest BCUT2D eigenvalue weighted by Crippen LogP contribution is -2.54. The number of carbonyl (C=O) groups is 1. The van der Waals surface area contributed by atoms with E-state index in [0.29, 0.717) is 24.5 Å². The van der Waals surface area contributed by atoms with Gasteiger partial charge in [0, 0.05) is 38.9 Å². The van der Waals surface area contributed by atoms with Crippen LogP contribution in [-0.2, 0) is 0 Å². The van der Waals surface area contributed by atoms with Gasteiger partial charge in [-0.05, 0) is 19.1 Å². The van der Waals surface area contributed by atoms with E-state index in [-0.39, 0.29) is 18.5 Å². The second kappa shape index (κ2) is 6.51. The lowest BCUT2D eigenvalue weighted by molar-refractivity contribution is -0.150. The highest BCUT2D eigenvalue weighted by Gasteiger charge is 2.35. The number of aromatic nitrogens is 1. The number of nitrogens with zero attached hydrogens (tertiary/aromatic N) is 3. The van der Waals surface area contributed by atoms with E-state index in [1.54, 1.807) is 25.3 Å². The number of nitrogens with one attached hydrogen (secondary N) is 1. The maximum atomic E-state index is 12.5. The van der Waals surface area contributed by atoms with Crippen molar-refractivity contribution in [2.24, 2.45) is 0 Å². The van der Waals surface area contributed by atoms with Crippen molar-refractivity contribution in [2.75, 3.05) is 38.1 Å². The summed E-state index contributed by atoms with van der Waals surface area (Å²) in [5, 5.41) is 2.55. The third kappa shape index (κ3) is 3.88. The van der Waals surface area contributed by atoms with Crippen LogP contribution >= 0.6 is 0 Å². The molecule has 1 amide bonds. The predicted octanol–water partition coefficient (Wildman–Crippen LogP) is 1.51. The third-order valence-electron chi connectivity index (χ3n) is 3.71. The molecule has 8 heteroatoms. The Kier molecular flexibility index (Phi) is 4.90. The van der Waals surface area contributed by atoms with Gasteiger partial charge in [-0.2, -0.15) is 13.2 Å². The van der Waals surface area contributed by atoms with Crippen LogP contribution in [0.3, 0.4) is 0 Å². The number of rotatable bonds is 3. The van der Waals surface area contributed by atoms with Crippen molar-refractivity contribution in [1.29, 1.82) is 0 Å². The summed E-state index contributed by atoms with van der Waals surface area (Å²) < 4.78 is 37.6. The molecule has 0 aliphatic carbocycles. The second-order valence-electron chi connectivity index (χ2n) is 5.33. The Morgan fingerprint density at radius 2 is 2.18 bits per heavy atom. The van der Waals surface area contributed by atoms with E-state index in [0.717, 1.165) is 0 Å². The smallest absolute Gasteiger partial charge is 0.355 e. The van der Waals surface area contributed by atoms with Crippen molar-refractivity contribution in [3.8, 4) is 0 Å². The molecular weight excluding hydrogens is 297 g/mol. The van der Waals surface area contributed by atoms with Gasteiger partial charge in [0.05, 0.1) is 12.1 Å².